The molecule has 0 radical (unpaired) electrons. The van der Waals surface area contributed by atoms with Gasteiger partial charge in [0.15, 0.2) is 0 Å². The molecule has 0 bridgehead atoms. The number of aromatic nitrogens is 3. The zero-order valence-corrected chi connectivity index (χ0v) is 10.2. The minimum Gasteiger partial charge on any atom is -0.310 e. The minimum atomic E-state index is -0.0740. The quantitative estimate of drug-likeness (QED) is 0.857. The van der Waals surface area contributed by atoms with E-state index in [1.807, 2.05) is 19.9 Å². The monoisotopic (exact) mass is 229 g/mol. The maximum Gasteiger partial charge on any atom is 0.254 e. The first-order chi connectivity index (χ1) is 8.13. The number of hydrogen-bond acceptors (Lipinski definition) is 3. The van der Waals surface area contributed by atoms with Crippen LogP contribution in [0.5, 0.6) is 0 Å². The van der Waals surface area contributed by atoms with Gasteiger partial charge in [0.25, 0.3) is 5.56 Å². The predicted octanol–water partition coefficient (Wildman–Crippen LogP) is 2.01. The third-order valence-corrected chi connectivity index (χ3v) is 2.83. The van der Waals surface area contributed by atoms with Crippen LogP contribution in [0.15, 0.2) is 23.3 Å². The third kappa shape index (κ3) is 2.11. The van der Waals surface area contributed by atoms with Gasteiger partial charge in [0.05, 0.1) is 5.69 Å². The van der Waals surface area contributed by atoms with E-state index in [1.54, 1.807) is 19.3 Å². The molecule has 0 aliphatic rings. The molecule has 1 N–H and O–H groups in total. The van der Waals surface area contributed by atoms with E-state index in [9.17, 15) is 4.79 Å². The molecule has 4 nitrogen and oxygen atoms in total. The van der Waals surface area contributed by atoms with Gasteiger partial charge >= 0.3 is 0 Å². The van der Waals surface area contributed by atoms with Crippen LogP contribution in [-0.2, 0) is 6.42 Å². The lowest BCUT2D eigenvalue weighted by Gasteiger charge is -2.08. The highest BCUT2D eigenvalue weighted by Crippen LogP contribution is 2.21. The van der Waals surface area contributed by atoms with Gasteiger partial charge < -0.3 is 4.98 Å². The van der Waals surface area contributed by atoms with E-state index in [0.717, 1.165) is 16.8 Å². The van der Waals surface area contributed by atoms with E-state index in [0.29, 0.717) is 17.8 Å². The highest BCUT2D eigenvalue weighted by molar-refractivity contribution is 5.64. The molecular weight excluding hydrogens is 214 g/mol. The Balaban J connectivity index is 2.71. The normalized spacial score (nSPS) is 10.5. The van der Waals surface area contributed by atoms with Gasteiger partial charge in [-0.05, 0) is 25.5 Å². The third-order valence-electron chi connectivity index (χ3n) is 2.83. The number of nitrogens with zero attached hydrogens (tertiary/aromatic N) is 2. The van der Waals surface area contributed by atoms with Gasteiger partial charge in [0, 0.05) is 29.9 Å². The Morgan fingerprint density at radius 3 is 2.76 bits per heavy atom. The summed E-state index contributed by atoms with van der Waals surface area (Å²) in [6.45, 7) is 5.74. The van der Waals surface area contributed by atoms with E-state index in [1.165, 1.54) is 0 Å². The Labute approximate surface area is 99.8 Å². The van der Waals surface area contributed by atoms with Crippen molar-refractivity contribution in [1.82, 2.24) is 15.0 Å². The molecule has 0 aromatic carbocycles. The average Bonchev–Trinajstić information content (AvgIpc) is 2.33. The summed E-state index contributed by atoms with van der Waals surface area (Å²) in [7, 11) is 0. The lowest BCUT2D eigenvalue weighted by Crippen LogP contribution is -2.16. The molecule has 4 heteroatoms. The predicted molar refractivity (Wildman–Crippen MR) is 66.9 cm³/mol. The first kappa shape index (κ1) is 11.5. The lowest BCUT2D eigenvalue weighted by atomic mass is 10.1. The van der Waals surface area contributed by atoms with Gasteiger partial charge in [-0.2, -0.15) is 0 Å². The fourth-order valence-corrected chi connectivity index (χ4v) is 1.72. The van der Waals surface area contributed by atoms with Crippen LogP contribution in [0.1, 0.15) is 23.9 Å². The first-order valence-corrected chi connectivity index (χ1v) is 5.64. The fraction of sp³-hybridized carbons (Fsp3) is 0.308. The Bertz CT molecular complexity index is 602. The Kier molecular flexibility index (Phi) is 3.04. The molecule has 0 fully saturated rings. The smallest absolute Gasteiger partial charge is 0.254 e. The second-order valence-corrected chi connectivity index (χ2v) is 4.03. The van der Waals surface area contributed by atoms with Crippen molar-refractivity contribution < 1.29 is 0 Å². The molecule has 88 valence electrons. The highest BCUT2D eigenvalue weighted by Gasteiger charge is 2.11. The van der Waals surface area contributed by atoms with Crippen LogP contribution in [0.4, 0.5) is 0 Å². The number of aryl methyl sites for hydroxylation is 2. The van der Waals surface area contributed by atoms with E-state index in [-0.39, 0.29) is 5.56 Å². The first-order valence-electron chi connectivity index (χ1n) is 5.64. The van der Waals surface area contributed by atoms with Crippen molar-refractivity contribution in [2.45, 2.75) is 27.2 Å². The Hall–Kier alpha value is -1.97. The van der Waals surface area contributed by atoms with Crippen LogP contribution < -0.4 is 5.56 Å². The average molecular weight is 229 g/mol. The van der Waals surface area contributed by atoms with E-state index >= 15 is 0 Å². The largest absolute Gasteiger partial charge is 0.310 e. The molecule has 0 unspecified atom stereocenters. The van der Waals surface area contributed by atoms with Crippen molar-refractivity contribution in [3.8, 4) is 11.3 Å². The van der Waals surface area contributed by atoms with Crippen molar-refractivity contribution in [2.75, 3.05) is 0 Å². The van der Waals surface area contributed by atoms with Crippen LogP contribution in [-0.4, -0.2) is 15.0 Å². The van der Waals surface area contributed by atoms with Crippen LogP contribution in [0.2, 0.25) is 0 Å². The van der Waals surface area contributed by atoms with Crippen molar-refractivity contribution in [1.29, 1.82) is 0 Å². The summed E-state index contributed by atoms with van der Waals surface area (Å²) in [6, 6.07) is 1.92. The number of pyridine rings is 1. The molecule has 2 aromatic heterocycles. The van der Waals surface area contributed by atoms with Gasteiger partial charge in [-0.3, -0.25) is 9.78 Å². The summed E-state index contributed by atoms with van der Waals surface area (Å²) in [5.41, 5.74) is 3.29. The van der Waals surface area contributed by atoms with E-state index in [2.05, 4.69) is 15.0 Å². The summed E-state index contributed by atoms with van der Waals surface area (Å²) in [6.07, 6.45) is 4.20. The van der Waals surface area contributed by atoms with Gasteiger partial charge in [-0.15, -0.1) is 0 Å². The number of rotatable bonds is 2. The molecule has 0 amide bonds. The lowest BCUT2D eigenvalue weighted by molar-refractivity contribution is 0.911. The van der Waals surface area contributed by atoms with Crippen LogP contribution in [0, 0.1) is 13.8 Å². The SMILES string of the molecule is CCc1nc(-c2cnccc2C)c(C)c(=O)[nH]1. The van der Waals surface area contributed by atoms with E-state index < -0.39 is 0 Å². The van der Waals surface area contributed by atoms with Crippen molar-refractivity contribution in [3.05, 3.63) is 45.8 Å². The Morgan fingerprint density at radius 1 is 1.35 bits per heavy atom. The zero-order valence-electron chi connectivity index (χ0n) is 10.2. The summed E-state index contributed by atoms with van der Waals surface area (Å²) in [5.74, 6) is 0.707. The maximum absolute atomic E-state index is 11.8. The molecule has 2 heterocycles. The van der Waals surface area contributed by atoms with Gasteiger partial charge in [0.1, 0.15) is 5.82 Å². The second-order valence-electron chi connectivity index (χ2n) is 4.03. The summed E-state index contributed by atoms with van der Waals surface area (Å²) < 4.78 is 0. The zero-order chi connectivity index (χ0) is 12.4. The second kappa shape index (κ2) is 4.49. The number of aromatic amines is 1. The van der Waals surface area contributed by atoms with Crippen LogP contribution >= 0.6 is 0 Å². The molecule has 0 saturated heterocycles. The summed E-state index contributed by atoms with van der Waals surface area (Å²) >= 11 is 0. The van der Waals surface area contributed by atoms with Gasteiger partial charge in [-0.25, -0.2) is 4.98 Å². The molecule has 17 heavy (non-hydrogen) atoms. The van der Waals surface area contributed by atoms with Crippen molar-refractivity contribution >= 4 is 0 Å². The number of nitrogens with one attached hydrogen (secondary N) is 1. The molecule has 0 spiro atoms. The van der Waals surface area contributed by atoms with Gasteiger partial charge in [0.2, 0.25) is 0 Å². The molecule has 2 rings (SSSR count). The highest BCUT2D eigenvalue weighted by atomic mass is 16.1. The standard InChI is InChI=1S/C13H15N3O/c1-4-11-15-12(9(3)13(17)16-11)10-7-14-6-5-8(10)2/h5-7H,4H2,1-3H3,(H,15,16,17). The topological polar surface area (TPSA) is 58.6 Å². The van der Waals surface area contributed by atoms with E-state index in [4.69, 9.17) is 0 Å². The minimum absolute atomic E-state index is 0.0740. The van der Waals surface area contributed by atoms with Crippen molar-refractivity contribution in [2.24, 2.45) is 0 Å². The number of H-pyrrole nitrogens is 1. The molecule has 0 saturated carbocycles. The van der Waals surface area contributed by atoms with Gasteiger partial charge in [-0.1, -0.05) is 6.92 Å². The molecular formula is C13H15N3O. The Morgan fingerprint density at radius 2 is 2.12 bits per heavy atom. The number of hydrogen-bond donors (Lipinski definition) is 1. The summed E-state index contributed by atoms with van der Waals surface area (Å²) in [4.78, 5) is 23.1. The maximum atomic E-state index is 11.8. The molecule has 0 atom stereocenters. The molecule has 2 aromatic rings. The molecule has 0 aliphatic heterocycles. The fourth-order valence-electron chi connectivity index (χ4n) is 1.72. The molecule has 0 aliphatic carbocycles. The van der Waals surface area contributed by atoms with Crippen LogP contribution in [0.25, 0.3) is 11.3 Å². The summed E-state index contributed by atoms with van der Waals surface area (Å²) in [5, 5.41) is 0. The van der Waals surface area contributed by atoms with Crippen molar-refractivity contribution in [3.63, 3.8) is 0 Å². The van der Waals surface area contributed by atoms with Crippen LogP contribution in [0.3, 0.4) is 0 Å².